The second-order valence-corrected chi connectivity index (χ2v) is 4.76. The number of ketones is 1. The van der Waals surface area contributed by atoms with Crippen LogP contribution >= 0.6 is 11.3 Å². The summed E-state index contributed by atoms with van der Waals surface area (Å²) in [4.78, 5) is 13.2. The zero-order valence-electron chi connectivity index (χ0n) is 8.78. The smallest absolute Gasteiger partial charge is 0.193 e. The van der Waals surface area contributed by atoms with Crippen molar-refractivity contribution < 1.29 is 4.79 Å². The van der Waals surface area contributed by atoms with Crippen LogP contribution in [0.15, 0.2) is 35.7 Å². The van der Waals surface area contributed by atoms with E-state index in [1.807, 2.05) is 49.6 Å². The van der Waals surface area contributed by atoms with Crippen molar-refractivity contribution in [2.45, 2.75) is 13.8 Å². The van der Waals surface area contributed by atoms with Crippen molar-refractivity contribution >= 4 is 17.1 Å². The van der Waals surface area contributed by atoms with Gasteiger partial charge in [-0.2, -0.15) is 0 Å². The summed E-state index contributed by atoms with van der Waals surface area (Å²) in [5, 5.41) is 1.92. The van der Waals surface area contributed by atoms with Gasteiger partial charge in [0.05, 0.1) is 0 Å². The topological polar surface area (TPSA) is 17.1 Å². The van der Waals surface area contributed by atoms with Crippen LogP contribution in [-0.4, -0.2) is 5.78 Å². The lowest BCUT2D eigenvalue weighted by molar-refractivity contribution is 0.103. The van der Waals surface area contributed by atoms with Crippen molar-refractivity contribution in [3.05, 3.63) is 57.3 Å². The molecule has 1 aromatic carbocycles. The lowest BCUT2D eigenvalue weighted by atomic mass is 10.0. The largest absolute Gasteiger partial charge is 0.289 e. The van der Waals surface area contributed by atoms with Gasteiger partial charge in [0.2, 0.25) is 0 Å². The Morgan fingerprint density at radius 1 is 1.13 bits per heavy atom. The van der Waals surface area contributed by atoms with Gasteiger partial charge in [0.1, 0.15) is 0 Å². The first-order chi connectivity index (χ1) is 7.16. The SMILES string of the molecule is Cc1cccc(C(=O)c2csc(C)c2)c1. The summed E-state index contributed by atoms with van der Waals surface area (Å²) in [5.41, 5.74) is 2.68. The van der Waals surface area contributed by atoms with Crippen LogP contribution in [0.25, 0.3) is 0 Å². The molecule has 0 N–H and O–H groups in total. The molecule has 2 heteroatoms. The third-order valence-corrected chi connectivity index (χ3v) is 3.13. The molecular formula is C13H12OS. The van der Waals surface area contributed by atoms with Crippen LogP contribution in [0.4, 0.5) is 0 Å². The molecule has 0 aliphatic carbocycles. The Kier molecular flexibility index (Phi) is 2.69. The van der Waals surface area contributed by atoms with Crippen molar-refractivity contribution in [1.82, 2.24) is 0 Å². The number of thiophene rings is 1. The second-order valence-electron chi connectivity index (χ2n) is 3.64. The summed E-state index contributed by atoms with van der Waals surface area (Å²) in [6.07, 6.45) is 0. The number of carbonyl (C=O) groups is 1. The normalized spacial score (nSPS) is 10.3. The molecule has 1 aromatic heterocycles. The van der Waals surface area contributed by atoms with E-state index in [-0.39, 0.29) is 5.78 Å². The van der Waals surface area contributed by atoms with Crippen LogP contribution in [0.5, 0.6) is 0 Å². The van der Waals surface area contributed by atoms with Crippen LogP contribution in [0.2, 0.25) is 0 Å². The minimum absolute atomic E-state index is 0.114. The van der Waals surface area contributed by atoms with Crippen molar-refractivity contribution in [3.63, 3.8) is 0 Å². The molecule has 0 fully saturated rings. The maximum Gasteiger partial charge on any atom is 0.193 e. The predicted molar refractivity (Wildman–Crippen MR) is 63.7 cm³/mol. The van der Waals surface area contributed by atoms with Gasteiger partial charge in [-0.05, 0) is 26.0 Å². The lowest BCUT2D eigenvalue weighted by Crippen LogP contribution is -1.99. The van der Waals surface area contributed by atoms with Crippen LogP contribution in [0.1, 0.15) is 26.4 Å². The van der Waals surface area contributed by atoms with E-state index in [4.69, 9.17) is 0 Å². The maximum absolute atomic E-state index is 12.0. The zero-order chi connectivity index (χ0) is 10.8. The van der Waals surface area contributed by atoms with Gasteiger partial charge in [-0.25, -0.2) is 0 Å². The Bertz CT molecular complexity index is 497. The average Bonchev–Trinajstić information content (AvgIpc) is 2.64. The Labute approximate surface area is 93.4 Å². The Hall–Kier alpha value is -1.41. The Morgan fingerprint density at radius 3 is 2.53 bits per heavy atom. The van der Waals surface area contributed by atoms with E-state index in [2.05, 4.69) is 0 Å². The third kappa shape index (κ3) is 2.16. The van der Waals surface area contributed by atoms with Gasteiger partial charge in [0, 0.05) is 21.4 Å². The van der Waals surface area contributed by atoms with Crippen LogP contribution in [0, 0.1) is 13.8 Å². The summed E-state index contributed by atoms with van der Waals surface area (Å²) in [5.74, 6) is 0.114. The zero-order valence-corrected chi connectivity index (χ0v) is 9.60. The van der Waals surface area contributed by atoms with Crippen LogP contribution < -0.4 is 0 Å². The first kappa shape index (κ1) is 10.1. The van der Waals surface area contributed by atoms with E-state index in [0.29, 0.717) is 0 Å². The molecule has 15 heavy (non-hydrogen) atoms. The van der Waals surface area contributed by atoms with Crippen molar-refractivity contribution in [1.29, 1.82) is 0 Å². The number of benzene rings is 1. The quantitative estimate of drug-likeness (QED) is 0.701. The minimum Gasteiger partial charge on any atom is -0.289 e. The molecule has 0 saturated carbocycles. The van der Waals surface area contributed by atoms with Gasteiger partial charge >= 0.3 is 0 Å². The molecule has 0 aliphatic heterocycles. The molecule has 76 valence electrons. The highest BCUT2D eigenvalue weighted by Gasteiger charge is 2.09. The van der Waals surface area contributed by atoms with E-state index in [1.54, 1.807) is 11.3 Å². The summed E-state index contributed by atoms with van der Waals surface area (Å²) < 4.78 is 0. The molecule has 0 atom stereocenters. The molecule has 0 amide bonds. The average molecular weight is 216 g/mol. The minimum atomic E-state index is 0.114. The molecule has 0 unspecified atom stereocenters. The van der Waals surface area contributed by atoms with E-state index in [1.165, 1.54) is 4.88 Å². The van der Waals surface area contributed by atoms with Gasteiger partial charge < -0.3 is 0 Å². The molecule has 1 nitrogen and oxygen atoms in total. The van der Waals surface area contributed by atoms with Crippen molar-refractivity contribution in [3.8, 4) is 0 Å². The number of rotatable bonds is 2. The van der Waals surface area contributed by atoms with Gasteiger partial charge in [0.15, 0.2) is 5.78 Å². The Balaban J connectivity index is 2.36. The van der Waals surface area contributed by atoms with E-state index in [0.717, 1.165) is 16.7 Å². The van der Waals surface area contributed by atoms with Gasteiger partial charge in [0.25, 0.3) is 0 Å². The summed E-state index contributed by atoms with van der Waals surface area (Å²) in [6, 6.07) is 9.64. The molecule has 0 saturated heterocycles. The van der Waals surface area contributed by atoms with Gasteiger partial charge in [-0.15, -0.1) is 11.3 Å². The highest BCUT2D eigenvalue weighted by atomic mass is 32.1. The molecule has 0 spiro atoms. The summed E-state index contributed by atoms with van der Waals surface area (Å²) >= 11 is 1.61. The van der Waals surface area contributed by atoms with E-state index in [9.17, 15) is 4.79 Å². The highest BCUT2D eigenvalue weighted by molar-refractivity contribution is 7.10. The predicted octanol–water partition coefficient (Wildman–Crippen LogP) is 3.60. The first-order valence-corrected chi connectivity index (χ1v) is 5.71. The summed E-state index contributed by atoms with van der Waals surface area (Å²) in [7, 11) is 0. The molecule has 2 rings (SSSR count). The van der Waals surface area contributed by atoms with E-state index < -0.39 is 0 Å². The van der Waals surface area contributed by atoms with Crippen molar-refractivity contribution in [2.75, 3.05) is 0 Å². The molecule has 0 aliphatic rings. The lowest BCUT2D eigenvalue weighted by Gasteiger charge is -1.99. The molecule has 0 bridgehead atoms. The van der Waals surface area contributed by atoms with Gasteiger partial charge in [-0.1, -0.05) is 23.8 Å². The van der Waals surface area contributed by atoms with Crippen LogP contribution in [0.3, 0.4) is 0 Å². The van der Waals surface area contributed by atoms with Crippen molar-refractivity contribution in [2.24, 2.45) is 0 Å². The highest BCUT2D eigenvalue weighted by Crippen LogP contribution is 2.17. The number of hydrogen-bond donors (Lipinski definition) is 0. The fourth-order valence-electron chi connectivity index (χ4n) is 1.52. The van der Waals surface area contributed by atoms with Crippen LogP contribution in [-0.2, 0) is 0 Å². The monoisotopic (exact) mass is 216 g/mol. The molecule has 2 aromatic rings. The molecule has 0 radical (unpaired) electrons. The third-order valence-electron chi connectivity index (χ3n) is 2.27. The standard InChI is InChI=1S/C13H12OS/c1-9-4-3-5-11(6-9)13(14)12-7-10(2)15-8-12/h3-8H,1-2H3. The molecule has 1 heterocycles. The number of aryl methyl sites for hydroxylation is 2. The fraction of sp³-hybridized carbons (Fsp3) is 0.154. The Morgan fingerprint density at radius 2 is 1.93 bits per heavy atom. The van der Waals surface area contributed by atoms with E-state index >= 15 is 0 Å². The van der Waals surface area contributed by atoms with Gasteiger partial charge in [-0.3, -0.25) is 4.79 Å². The first-order valence-electron chi connectivity index (χ1n) is 4.83. The second kappa shape index (κ2) is 3.99. The number of hydrogen-bond acceptors (Lipinski definition) is 2. The number of carbonyl (C=O) groups excluding carboxylic acids is 1. The fourth-order valence-corrected chi connectivity index (χ4v) is 2.20. The molecular weight excluding hydrogens is 204 g/mol. The summed E-state index contributed by atoms with van der Waals surface area (Å²) in [6.45, 7) is 4.01. The maximum atomic E-state index is 12.0.